The summed E-state index contributed by atoms with van der Waals surface area (Å²) < 4.78 is 30.5. The molecular formula is C13H23NO4S. The van der Waals surface area contributed by atoms with Gasteiger partial charge in [-0.05, 0) is 50.9 Å². The van der Waals surface area contributed by atoms with Gasteiger partial charge in [0.25, 0.3) is 10.1 Å². The second-order valence-electron chi connectivity index (χ2n) is 5.85. The summed E-state index contributed by atoms with van der Waals surface area (Å²) in [7, 11) is -3.88. The molecule has 110 valence electrons. The minimum absolute atomic E-state index is 0.0143. The molecule has 1 aliphatic heterocycles. The summed E-state index contributed by atoms with van der Waals surface area (Å²) in [5, 5.41) is 0. The van der Waals surface area contributed by atoms with E-state index in [1.165, 1.54) is 6.42 Å². The van der Waals surface area contributed by atoms with Gasteiger partial charge in [0, 0.05) is 19.0 Å². The highest BCUT2D eigenvalue weighted by Crippen LogP contribution is 2.31. The van der Waals surface area contributed by atoms with Gasteiger partial charge in [0.15, 0.2) is 0 Å². The number of piperidine rings is 1. The lowest BCUT2D eigenvalue weighted by Gasteiger charge is -2.33. The molecular weight excluding hydrogens is 266 g/mol. The fourth-order valence-corrected chi connectivity index (χ4v) is 4.18. The third-order valence-corrected chi connectivity index (χ3v) is 5.20. The predicted molar refractivity (Wildman–Crippen MR) is 72.3 cm³/mol. The topological polar surface area (TPSA) is 74.7 Å². The van der Waals surface area contributed by atoms with Crippen LogP contribution in [0.3, 0.4) is 0 Å². The third-order valence-electron chi connectivity index (χ3n) is 4.31. The number of carbonyl (C=O) groups is 1. The van der Waals surface area contributed by atoms with E-state index in [0.29, 0.717) is 0 Å². The lowest BCUT2D eigenvalue weighted by Crippen LogP contribution is -2.41. The molecule has 0 radical (unpaired) electrons. The van der Waals surface area contributed by atoms with Crippen LogP contribution >= 0.6 is 0 Å². The molecule has 0 atom stereocenters. The fraction of sp³-hybridized carbons (Fsp3) is 0.923. The Balaban J connectivity index is 1.80. The number of carbonyl (C=O) groups excluding carboxylic acids is 1. The molecule has 1 saturated carbocycles. The van der Waals surface area contributed by atoms with Gasteiger partial charge in [0.1, 0.15) is 0 Å². The van der Waals surface area contributed by atoms with Crippen molar-refractivity contribution in [1.82, 2.24) is 4.90 Å². The van der Waals surface area contributed by atoms with Crippen LogP contribution in [0.5, 0.6) is 0 Å². The molecule has 0 spiro atoms. The van der Waals surface area contributed by atoms with E-state index in [-0.39, 0.29) is 23.5 Å². The molecule has 0 aromatic rings. The summed E-state index contributed by atoms with van der Waals surface area (Å²) in [6.07, 6.45) is 6.39. The van der Waals surface area contributed by atoms with E-state index in [2.05, 4.69) is 0 Å². The first-order valence-electron chi connectivity index (χ1n) is 7.19. The van der Waals surface area contributed by atoms with Gasteiger partial charge in [-0.15, -0.1) is 0 Å². The largest absolute Gasteiger partial charge is 0.342 e. The van der Waals surface area contributed by atoms with Crippen LogP contribution in [0.2, 0.25) is 0 Å². The van der Waals surface area contributed by atoms with Crippen LogP contribution in [0.25, 0.3) is 0 Å². The molecule has 0 aromatic heterocycles. The molecule has 2 fully saturated rings. The molecule has 2 aliphatic rings. The zero-order chi connectivity index (χ0) is 13.9. The van der Waals surface area contributed by atoms with Crippen LogP contribution in [0.15, 0.2) is 0 Å². The first kappa shape index (κ1) is 14.8. The molecule has 19 heavy (non-hydrogen) atoms. The molecule has 1 amide bonds. The Labute approximate surface area is 115 Å². The molecule has 1 N–H and O–H groups in total. The predicted octanol–water partition coefficient (Wildman–Crippen LogP) is 1.69. The quantitative estimate of drug-likeness (QED) is 0.802. The van der Waals surface area contributed by atoms with E-state index in [1.807, 2.05) is 4.90 Å². The van der Waals surface area contributed by atoms with Crippen LogP contribution in [0.1, 0.15) is 44.9 Å². The SMILES string of the molecule is O=C(C1CCC(CS(=O)(=O)O)CC1)N1CCCCC1. The first-order chi connectivity index (χ1) is 8.96. The Morgan fingerprint density at radius 1 is 1.05 bits per heavy atom. The lowest BCUT2D eigenvalue weighted by atomic mass is 9.82. The van der Waals surface area contributed by atoms with E-state index in [4.69, 9.17) is 4.55 Å². The normalized spacial score (nSPS) is 29.2. The summed E-state index contributed by atoms with van der Waals surface area (Å²) in [4.78, 5) is 14.3. The van der Waals surface area contributed by atoms with E-state index in [1.54, 1.807) is 0 Å². The molecule has 1 aliphatic carbocycles. The number of rotatable bonds is 3. The maximum absolute atomic E-state index is 12.3. The Kier molecular flexibility index (Phi) is 4.84. The van der Waals surface area contributed by atoms with Crippen molar-refractivity contribution in [2.24, 2.45) is 11.8 Å². The van der Waals surface area contributed by atoms with Crippen LogP contribution in [-0.2, 0) is 14.9 Å². The third kappa shape index (κ3) is 4.45. The maximum atomic E-state index is 12.3. The van der Waals surface area contributed by atoms with E-state index < -0.39 is 10.1 Å². The van der Waals surface area contributed by atoms with Crippen molar-refractivity contribution in [2.75, 3.05) is 18.8 Å². The van der Waals surface area contributed by atoms with Gasteiger partial charge < -0.3 is 4.90 Å². The van der Waals surface area contributed by atoms with E-state index in [9.17, 15) is 13.2 Å². The average molecular weight is 289 g/mol. The highest BCUT2D eigenvalue weighted by molar-refractivity contribution is 7.85. The second kappa shape index (κ2) is 6.22. The standard InChI is InChI=1S/C13H23NO4S/c15-13(14-8-2-1-3-9-14)12-6-4-11(5-7-12)10-19(16,17)18/h11-12H,1-10H2,(H,16,17,18). The maximum Gasteiger partial charge on any atom is 0.265 e. The smallest absolute Gasteiger partial charge is 0.265 e. The minimum Gasteiger partial charge on any atom is -0.342 e. The van der Waals surface area contributed by atoms with Crippen molar-refractivity contribution in [2.45, 2.75) is 44.9 Å². The van der Waals surface area contributed by atoms with Gasteiger partial charge >= 0.3 is 0 Å². The minimum atomic E-state index is -3.88. The van der Waals surface area contributed by atoms with Crippen molar-refractivity contribution in [3.05, 3.63) is 0 Å². The Bertz CT molecular complexity index is 406. The van der Waals surface area contributed by atoms with Gasteiger partial charge in [-0.25, -0.2) is 0 Å². The highest BCUT2D eigenvalue weighted by atomic mass is 32.2. The van der Waals surface area contributed by atoms with Gasteiger partial charge in [-0.1, -0.05) is 0 Å². The van der Waals surface area contributed by atoms with Crippen LogP contribution in [0, 0.1) is 11.8 Å². The Morgan fingerprint density at radius 3 is 2.16 bits per heavy atom. The lowest BCUT2D eigenvalue weighted by molar-refractivity contribution is -0.137. The Morgan fingerprint density at radius 2 is 1.63 bits per heavy atom. The molecule has 0 unspecified atom stereocenters. The monoisotopic (exact) mass is 289 g/mol. The van der Waals surface area contributed by atoms with Crippen molar-refractivity contribution < 1.29 is 17.8 Å². The van der Waals surface area contributed by atoms with Gasteiger partial charge in [0.05, 0.1) is 5.75 Å². The summed E-state index contributed by atoms with van der Waals surface area (Å²) >= 11 is 0. The summed E-state index contributed by atoms with van der Waals surface area (Å²) in [6.45, 7) is 1.76. The molecule has 0 bridgehead atoms. The summed E-state index contributed by atoms with van der Waals surface area (Å²) in [5.74, 6) is 0.179. The van der Waals surface area contributed by atoms with Gasteiger partial charge in [0.2, 0.25) is 5.91 Å². The second-order valence-corrected chi connectivity index (χ2v) is 7.35. The molecule has 0 aromatic carbocycles. The summed E-state index contributed by atoms with van der Waals surface area (Å²) in [5.41, 5.74) is 0. The van der Waals surface area contributed by atoms with Gasteiger partial charge in [-0.2, -0.15) is 8.42 Å². The number of amides is 1. The molecule has 1 heterocycles. The zero-order valence-electron chi connectivity index (χ0n) is 11.3. The number of hydrogen-bond donors (Lipinski definition) is 1. The van der Waals surface area contributed by atoms with Gasteiger partial charge in [-0.3, -0.25) is 9.35 Å². The highest BCUT2D eigenvalue weighted by Gasteiger charge is 2.31. The van der Waals surface area contributed by atoms with E-state index >= 15 is 0 Å². The van der Waals surface area contributed by atoms with Crippen LogP contribution in [0.4, 0.5) is 0 Å². The molecule has 2 rings (SSSR count). The molecule has 5 nitrogen and oxygen atoms in total. The number of likely N-dealkylation sites (tertiary alicyclic amines) is 1. The van der Waals surface area contributed by atoms with Crippen molar-refractivity contribution in [3.63, 3.8) is 0 Å². The van der Waals surface area contributed by atoms with Crippen LogP contribution < -0.4 is 0 Å². The first-order valence-corrected chi connectivity index (χ1v) is 8.80. The number of hydrogen-bond acceptors (Lipinski definition) is 3. The zero-order valence-corrected chi connectivity index (χ0v) is 12.1. The average Bonchev–Trinajstić information content (AvgIpc) is 2.38. The van der Waals surface area contributed by atoms with E-state index in [0.717, 1.165) is 51.6 Å². The molecule has 6 heteroatoms. The van der Waals surface area contributed by atoms with Crippen molar-refractivity contribution in [1.29, 1.82) is 0 Å². The fourth-order valence-electron chi connectivity index (χ4n) is 3.25. The number of nitrogens with zero attached hydrogens (tertiary/aromatic N) is 1. The Hall–Kier alpha value is -0.620. The van der Waals surface area contributed by atoms with Crippen molar-refractivity contribution in [3.8, 4) is 0 Å². The summed E-state index contributed by atoms with van der Waals surface area (Å²) in [6, 6.07) is 0. The molecule has 1 saturated heterocycles. The van der Waals surface area contributed by atoms with Crippen LogP contribution in [-0.4, -0.2) is 42.6 Å². The van der Waals surface area contributed by atoms with Crippen molar-refractivity contribution >= 4 is 16.0 Å².